The SMILES string of the molecule is C=C1NC(=C)C(CN2C=CC=C(C)C2=C)(c2ccc(Cc3ccccc3)cc2)N1. The van der Waals surface area contributed by atoms with E-state index in [-0.39, 0.29) is 0 Å². The molecule has 1 unspecified atom stereocenters. The normalized spacial score (nSPS) is 21.1. The lowest BCUT2D eigenvalue weighted by atomic mass is 9.86. The standard InChI is InChI=1S/C26H27N3/c1-19-9-8-16-29(20(19)2)18-26(21(3)27-22(4)28-26)25-14-12-24(13-15-25)17-23-10-6-5-7-11-23/h5-16,27-28H,2-4,17-18H2,1H3. The maximum atomic E-state index is 4.30. The molecule has 0 aromatic heterocycles. The third-order valence-corrected chi connectivity index (χ3v) is 5.70. The van der Waals surface area contributed by atoms with E-state index in [4.69, 9.17) is 0 Å². The van der Waals surface area contributed by atoms with E-state index in [0.717, 1.165) is 34.8 Å². The molecule has 0 saturated carbocycles. The molecular formula is C26H27N3. The lowest BCUT2D eigenvalue weighted by Crippen LogP contribution is -2.46. The van der Waals surface area contributed by atoms with Crippen LogP contribution >= 0.6 is 0 Å². The van der Waals surface area contributed by atoms with Gasteiger partial charge in [-0.2, -0.15) is 0 Å². The van der Waals surface area contributed by atoms with Crippen molar-refractivity contribution in [1.29, 1.82) is 0 Å². The molecule has 1 atom stereocenters. The molecule has 2 aliphatic heterocycles. The molecule has 0 amide bonds. The van der Waals surface area contributed by atoms with Gasteiger partial charge in [0.1, 0.15) is 5.54 Å². The number of nitrogens with zero attached hydrogens (tertiary/aromatic N) is 1. The van der Waals surface area contributed by atoms with E-state index < -0.39 is 5.54 Å². The van der Waals surface area contributed by atoms with Crippen molar-refractivity contribution in [1.82, 2.24) is 15.5 Å². The summed E-state index contributed by atoms with van der Waals surface area (Å²) in [7, 11) is 0. The molecule has 4 rings (SSSR count). The Morgan fingerprint density at radius 3 is 2.28 bits per heavy atom. The van der Waals surface area contributed by atoms with Crippen LogP contribution in [0.25, 0.3) is 0 Å². The van der Waals surface area contributed by atoms with Crippen LogP contribution in [0.5, 0.6) is 0 Å². The van der Waals surface area contributed by atoms with Crippen molar-refractivity contribution in [3.63, 3.8) is 0 Å². The van der Waals surface area contributed by atoms with Crippen molar-refractivity contribution < 1.29 is 0 Å². The zero-order valence-corrected chi connectivity index (χ0v) is 16.9. The quantitative estimate of drug-likeness (QED) is 0.768. The minimum atomic E-state index is -0.479. The van der Waals surface area contributed by atoms with E-state index >= 15 is 0 Å². The van der Waals surface area contributed by atoms with Crippen LogP contribution in [0.3, 0.4) is 0 Å². The van der Waals surface area contributed by atoms with Crippen LogP contribution in [0.1, 0.15) is 23.6 Å². The summed E-state index contributed by atoms with van der Waals surface area (Å²) in [6.45, 7) is 15.4. The third kappa shape index (κ3) is 3.64. The summed E-state index contributed by atoms with van der Waals surface area (Å²) in [5.41, 5.74) is 6.33. The van der Waals surface area contributed by atoms with E-state index in [2.05, 4.69) is 109 Å². The molecule has 2 aromatic rings. The molecule has 3 nitrogen and oxygen atoms in total. The van der Waals surface area contributed by atoms with Gasteiger partial charge in [0.25, 0.3) is 0 Å². The summed E-state index contributed by atoms with van der Waals surface area (Å²) >= 11 is 0. The number of nitrogens with one attached hydrogen (secondary N) is 2. The number of allylic oxidation sites excluding steroid dienone is 3. The molecule has 146 valence electrons. The molecule has 0 aliphatic carbocycles. The van der Waals surface area contributed by atoms with Gasteiger partial charge < -0.3 is 15.5 Å². The minimum absolute atomic E-state index is 0.479. The highest BCUT2D eigenvalue weighted by Crippen LogP contribution is 2.36. The highest BCUT2D eigenvalue weighted by molar-refractivity contribution is 5.44. The summed E-state index contributed by atoms with van der Waals surface area (Å²) in [4.78, 5) is 2.17. The second-order valence-corrected chi connectivity index (χ2v) is 7.74. The van der Waals surface area contributed by atoms with Crippen LogP contribution in [-0.2, 0) is 12.0 Å². The zero-order chi connectivity index (χ0) is 20.4. The van der Waals surface area contributed by atoms with E-state index in [1.54, 1.807) is 0 Å². The first-order valence-corrected chi connectivity index (χ1v) is 9.86. The Kier molecular flexibility index (Phi) is 4.89. The number of benzene rings is 2. The van der Waals surface area contributed by atoms with Crippen LogP contribution in [-0.4, -0.2) is 11.4 Å². The van der Waals surface area contributed by atoms with Gasteiger partial charge in [0.15, 0.2) is 0 Å². The highest BCUT2D eigenvalue weighted by Gasteiger charge is 2.42. The van der Waals surface area contributed by atoms with Crippen molar-refractivity contribution in [2.75, 3.05) is 6.54 Å². The summed E-state index contributed by atoms with van der Waals surface area (Å²) in [6.07, 6.45) is 7.12. The third-order valence-electron chi connectivity index (χ3n) is 5.70. The second kappa shape index (κ2) is 7.51. The maximum Gasteiger partial charge on any atom is 0.122 e. The Morgan fingerprint density at radius 2 is 1.62 bits per heavy atom. The largest absolute Gasteiger partial charge is 0.356 e. The van der Waals surface area contributed by atoms with Gasteiger partial charge in [-0.05, 0) is 41.7 Å². The second-order valence-electron chi connectivity index (χ2n) is 7.74. The van der Waals surface area contributed by atoms with Crippen LogP contribution < -0.4 is 10.6 Å². The molecule has 2 heterocycles. The molecule has 0 bridgehead atoms. The van der Waals surface area contributed by atoms with E-state index in [1.165, 1.54) is 11.1 Å². The first kappa shape index (κ1) is 18.9. The predicted molar refractivity (Wildman–Crippen MR) is 121 cm³/mol. The van der Waals surface area contributed by atoms with Crippen LogP contribution in [0.15, 0.2) is 115 Å². The zero-order valence-electron chi connectivity index (χ0n) is 16.9. The Morgan fingerprint density at radius 1 is 0.931 bits per heavy atom. The summed E-state index contributed by atoms with van der Waals surface area (Å²) in [6, 6.07) is 19.3. The van der Waals surface area contributed by atoms with Gasteiger partial charge in [0.05, 0.1) is 12.4 Å². The van der Waals surface area contributed by atoms with Crippen molar-refractivity contribution in [3.8, 4) is 0 Å². The van der Waals surface area contributed by atoms with Crippen molar-refractivity contribution in [2.24, 2.45) is 0 Å². The van der Waals surface area contributed by atoms with Crippen LogP contribution in [0.4, 0.5) is 0 Å². The fourth-order valence-electron chi connectivity index (χ4n) is 3.97. The molecule has 1 fully saturated rings. The molecular weight excluding hydrogens is 354 g/mol. The first-order chi connectivity index (χ1) is 14.0. The highest BCUT2D eigenvalue weighted by atomic mass is 15.3. The molecule has 0 spiro atoms. The summed E-state index contributed by atoms with van der Waals surface area (Å²) in [5, 5.41) is 6.83. The molecule has 29 heavy (non-hydrogen) atoms. The van der Waals surface area contributed by atoms with Crippen LogP contribution in [0, 0.1) is 0 Å². The van der Waals surface area contributed by atoms with Gasteiger partial charge in [0.2, 0.25) is 0 Å². The van der Waals surface area contributed by atoms with Crippen molar-refractivity contribution in [3.05, 3.63) is 132 Å². The van der Waals surface area contributed by atoms with Crippen LogP contribution in [0.2, 0.25) is 0 Å². The first-order valence-electron chi connectivity index (χ1n) is 9.86. The molecule has 2 N–H and O–H groups in total. The number of hydrogen-bond donors (Lipinski definition) is 2. The number of rotatable bonds is 5. The van der Waals surface area contributed by atoms with Gasteiger partial charge in [-0.15, -0.1) is 0 Å². The Labute approximate surface area is 173 Å². The monoisotopic (exact) mass is 381 g/mol. The van der Waals surface area contributed by atoms with Gasteiger partial charge in [-0.1, -0.05) is 80.4 Å². The average Bonchev–Trinajstić information content (AvgIpc) is 3.01. The summed E-state index contributed by atoms with van der Waals surface area (Å²) < 4.78 is 0. The average molecular weight is 382 g/mol. The minimum Gasteiger partial charge on any atom is -0.356 e. The van der Waals surface area contributed by atoms with Gasteiger partial charge >= 0.3 is 0 Å². The van der Waals surface area contributed by atoms with Crippen molar-refractivity contribution >= 4 is 0 Å². The Bertz CT molecular complexity index is 1010. The fraction of sp³-hybridized carbons (Fsp3) is 0.154. The molecule has 0 radical (unpaired) electrons. The summed E-state index contributed by atoms with van der Waals surface area (Å²) in [5.74, 6) is 0.766. The lowest BCUT2D eigenvalue weighted by Gasteiger charge is -2.37. The van der Waals surface area contributed by atoms with E-state index in [9.17, 15) is 0 Å². The lowest BCUT2D eigenvalue weighted by molar-refractivity contribution is 0.334. The maximum absolute atomic E-state index is 4.30. The fourth-order valence-corrected chi connectivity index (χ4v) is 3.97. The smallest absolute Gasteiger partial charge is 0.122 e. The molecule has 3 heteroatoms. The topological polar surface area (TPSA) is 27.3 Å². The Balaban J connectivity index is 1.63. The van der Waals surface area contributed by atoms with E-state index in [1.807, 2.05) is 6.07 Å². The van der Waals surface area contributed by atoms with Gasteiger partial charge in [-0.3, -0.25) is 0 Å². The number of hydrogen-bond acceptors (Lipinski definition) is 3. The van der Waals surface area contributed by atoms with Gasteiger partial charge in [0, 0.05) is 17.6 Å². The molecule has 1 saturated heterocycles. The van der Waals surface area contributed by atoms with E-state index in [0.29, 0.717) is 6.54 Å². The molecule has 2 aliphatic rings. The predicted octanol–water partition coefficient (Wildman–Crippen LogP) is 4.94. The Hall–Kier alpha value is -3.46. The van der Waals surface area contributed by atoms with Crippen molar-refractivity contribution in [2.45, 2.75) is 18.9 Å². The van der Waals surface area contributed by atoms with Gasteiger partial charge in [-0.25, -0.2) is 0 Å². The molecule has 2 aromatic carbocycles.